The number of para-hydroxylation sites is 1. The van der Waals surface area contributed by atoms with Crippen LogP contribution in [0, 0.1) is 13.8 Å². The third kappa shape index (κ3) is 3.84. The summed E-state index contributed by atoms with van der Waals surface area (Å²) in [4.78, 5) is 0. The molecule has 0 aliphatic rings. The van der Waals surface area contributed by atoms with E-state index in [0.717, 1.165) is 12.2 Å². The van der Waals surface area contributed by atoms with Gasteiger partial charge in [0.2, 0.25) is 0 Å². The second-order valence-corrected chi connectivity index (χ2v) is 5.14. The molecular weight excluding hydrogens is 246 g/mol. The van der Waals surface area contributed by atoms with Crippen LogP contribution >= 0.6 is 0 Å². The van der Waals surface area contributed by atoms with Crippen molar-refractivity contribution in [3.8, 4) is 5.75 Å². The van der Waals surface area contributed by atoms with Crippen LogP contribution < -0.4 is 10.1 Å². The van der Waals surface area contributed by atoms with Gasteiger partial charge in [0.15, 0.2) is 0 Å². The molecule has 2 rings (SSSR count). The number of aryl methyl sites for hydroxylation is 2. The first-order valence-corrected chi connectivity index (χ1v) is 7.13. The van der Waals surface area contributed by atoms with Gasteiger partial charge in [-0.1, -0.05) is 36.4 Å². The van der Waals surface area contributed by atoms with Gasteiger partial charge in [0.1, 0.15) is 5.75 Å². The Kier molecular flexibility index (Phi) is 5.19. The molecular formula is C18H23NO. The summed E-state index contributed by atoms with van der Waals surface area (Å²) in [6.45, 7) is 5.01. The Morgan fingerprint density at radius 2 is 1.75 bits per heavy atom. The van der Waals surface area contributed by atoms with E-state index in [1.807, 2.05) is 37.4 Å². The fraction of sp³-hybridized carbons (Fsp3) is 0.333. The van der Waals surface area contributed by atoms with Crippen molar-refractivity contribution in [3.63, 3.8) is 0 Å². The molecule has 0 saturated carbocycles. The van der Waals surface area contributed by atoms with Crippen LogP contribution in [0.4, 0.5) is 0 Å². The largest absolute Gasteiger partial charge is 0.494 e. The Morgan fingerprint density at radius 1 is 1.00 bits per heavy atom. The fourth-order valence-electron chi connectivity index (χ4n) is 2.27. The molecule has 2 aromatic carbocycles. The van der Waals surface area contributed by atoms with E-state index in [0.29, 0.717) is 12.6 Å². The molecule has 1 N–H and O–H groups in total. The highest BCUT2D eigenvalue weighted by Crippen LogP contribution is 2.20. The molecule has 20 heavy (non-hydrogen) atoms. The van der Waals surface area contributed by atoms with E-state index >= 15 is 0 Å². The van der Waals surface area contributed by atoms with Crippen molar-refractivity contribution in [2.75, 3.05) is 13.7 Å². The summed E-state index contributed by atoms with van der Waals surface area (Å²) in [5, 5.41) is 3.37. The van der Waals surface area contributed by atoms with Gasteiger partial charge in [-0.15, -0.1) is 0 Å². The van der Waals surface area contributed by atoms with Crippen molar-refractivity contribution in [3.05, 3.63) is 65.2 Å². The lowest BCUT2D eigenvalue weighted by atomic mass is 9.99. The Balaban J connectivity index is 1.93. The Morgan fingerprint density at radius 3 is 2.40 bits per heavy atom. The molecule has 2 heteroatoms. The summed E-state index contributed by atoms with van der Waals surface area (Å²) in [6.07, 6.45) is 0.952. The first-order valence-electron chi connectivity index (χ1n) is 7.13. The van der Waals surface area contributed by atoms with E-state index in [2.05, 4.69) is 37.4 Å². The van der Waals surface area contributed by atoms with Gasteiger partial charge in [-0.05, 0) is 49.7 Å². The third-order valence-corrected chi connectivity index (χ3v) is 3.70. The Bertz CT molecular complexity index is 536. The zero-order chi connectivity index (χ0) is 14.4. The molecule has 0 aliphatic heterocycles. The maximum absolute atomic E-state index is 5.77. The number of benzene rings is 2. The van der Waals surface area contributed by atoms with E-state index in [9.17, 15) is 0 Å². The first-order chi connectivity index (χ1) is 9.70. The first kappa shape index (κ1) is 14.6. The lowest BCUT2D eigenvalue weighted by Crippen LogP contribution is -2.19. The van der Waals surface area contributed by atoms with Gasteiger partial charge in [-0.25, -0.2) is 0 Å². The highest BCUT2D eigenvalue weighted by Gasteiger charge is 2.10. The summed E-state index contributed by atoms with van der Waals surface area (Å²) < 4.78 is 5.77. The third-order valence-electron chi connectivity index (χ3n) is 3.70. The average molecular weight is 269 g/mol. The quantitative estimate of drug-likeness (QED) is 0.854. The van der Waals surface area contributed by atoms with Gasteiger partial charge >= 0.3 is 0 Å². The van der Waals surface area contributed by atoms with Crippen molar-refractivity contribution >= 4 is 0 Å². The van der Waals surface area contributed by atoms with Crippen LogP contribution in [0.5, 0.6) is 5.75 Å². The molecule has 0 aromatic heterocycles. The van der Waals surface area contributed by atoms with E-state index in [1.165, 1.54) is 16.7 Å². The van der Waals surface area contributed by atoms with Gasteiger partial charge < -0.3 is 10.1 Å². The van der Waals surface area contributed by atoms with Crippen molar-refractivity contribution in [2.24, 2.45) is 0 Å². The minimum absolute atomic E-state index is 0.331. The standard InChI is InChI=1S/C18H23NO/c1-14-9-10-16(13-15(14)2)18(19-3)11-12-20-17-7-5-4-6-8-17/h4-10,13,18-19H,11-12H2,1-3H3. The molecule has 1 unspecified atom stereocenters. The van der Waals surface area contributed by atoms with Crippen molar-refractivity contribution in [1.29, 1.82) is 0 Å². The molecule has 0 amide bonds. The van der Waals surface area contributed by atoms with E-state index in [4.69, 9.17) is 4.74 Å². The number of ether oxygens (including phenoxy) is 1. The summed E-state index contributed by atoms with van der Waals surface area (Å²) in [5.74, 6) is 0.933. The lowest BCUT2D eigenvalue weighted by Gasteiger charge is -2.18. The molecule has 106 valence electrons. The lowest BCUT2D eigenvalue weighted by molar-refractivity contribution is 0.290. The molecule has 2 nitrogen and oxygen atoms in total. The van der Waals surface area contributed by atoms with Crippen LogP contribution in [0.15, 0.2) is 48.5 Å². The number of hydrogen-bond acceptors (Lipinski definition) is 2. The fourth-order valence-corrected chi connectivity index (χ4v) is 2.27. The van der Waals surface area contributed by atoms with E-state index in [1.54, 1.807) is 0 Å². The van der Waals surface area contributed by atoms with Gasteiger partial charge in [0, 0.05) is 12.5 Å². The van der Waals surface area contributed by atoms with Crippen LogP contribution in [-0.4, -0.2) is 13.7 Å². The molecule has 0 aliphatic carbocycles. The van der Waals surface area contributed by atoms with E-state index < -0.39 is 0 Å². The van der Waals surface area contributed by atoms with Crippen LogP contribution in [0.1, 0.15) is 29.2 Å². The van der Waals surface area contributed by atoms with Crippen LogP contribution in [0.3, 0.4) is 0 Å². The zero-order valence-corrected chi connectivity index (χ0v) is 12.5. The summed E-state index contributed by atoms with van der Waals surface area (Å²) >= 11 is 0. The maximum Gasteiger partial charge on any atom is 0.119 e. The number of hydrogen-bond donors (Lipinski definition) is 1. The van der Waals surface area contributed by atoms with Crippen molar-refractivity contribution in [1.82, 2.24) is 5.32 Å². The number of nitrogens with one attached hydrogen (secondary N) is 1. The van der Waals surface area contributed by atoms with Gasteiger partial charge in [0.25, 0.3) is 0 Å². The Labute approximate surface area is 121 Å². The monoisotopic (exact) mass is 269 g/mol. The van der Waals surface area contributed by atoms with Gasteiger partial charge in [0.05, 0.1) is 6.61 Å². The molecule has 0 saturated heterocycles. The average Bonchev–Trinajstić information content (AvgIpc) is 2.48. The highest BCUT2D eigenvalue weighted by atomic mass is 16.5. The second kappa shape index (κ2) is 7.11. The normalized spacial score (nSPS) is 12.2. The smallest absolute Gasteiger partial charge is 0.119 e. The van der Waals surface area contributed by atoms with Crippen LogP contribution in [0.25, 0.3) is 0 Å². The molecule has 0 spiro atoms. The van der Waals surface area contributed by atoms with E-state index in [-0.39, 0.29) is 0 Å². The summed E-state index contributed by atoms with van der Waals surface area (Å²) in [6, 6.07) is 17.0. The predicted octanol–water partition coefficient (Wildman–Crippen LogP) is 4.03. The minimum Gasteiger partial charge on any atom is -0.494 e. The summed E-state index contributed by atoms with van der Waals surface area (Å²) in [7, 11) is 2.00. The molecule has 0 fully saturated rings. The molecule has 0 radical (unpaired) electrons. The van der Waals surface area contributed by atoms with Crippen molar-refractivity contribution < 1.29 is 4.74 Å². The number of rotatable bonds is 6. The molecule has 1 atom stereocenters. The van der Waals surface area contributed by atoms with Gasteiger partial charge in [-0.2, -0.15) is 0 Å². The highest BCUT2D eigenvalue weighted by molar-refractivity contribution is 5.31. The van der Waals surface area contributed by atoms with Crippen LogP contribution in [0.2, 0.25) is 0 Å². The van der Waals surface area contributed by atoms with Crippen LogP contribution in [-0.2, 0) is 0 Å². The topological polar surface area (TPSA) is 21.3 Å². The van der Waals surface area contributed by atoms with Gasteiger partial charge in [-0.3, -0.25) is 0 Å². The molecule has 0 bridgehead atoms. The Hall–Kier alpha value is -1.80. The predicted molar refractivity (Wildman–Crippen MR) is 84.3 cm³/mol. The molecule has 2 aromatic rings. The summed E-state index contributed by atoms with van der Waals surface area (Å²) in [5.41, 5.74) is 4.00. The van der Waals surface area contributed by atoms with Crippen molar-refractivity contribution in [2.45, 2.75) is 26.3 Å². The maximum atomic E-state index is 5.77. The SMILES string of the molecule is CNC(CCOc1ccccc1)c1ccc(C)c(C)c1. The second-order valence-electron chi connectivity index (χ2n) is 5.14. The zero-order valence-electron chi connectivity index (χ0n) is 12.5. The molecule has 0 heterocycles. The minimum atomic E-state index is 0.331.